The van der Waals surface area contributed by atoms with E-state index >= 15 is 0 Å². The molecule has 3 heteroatoms. The SMILES string of the molecule is C1CCC(C2CCC(N3C4CCCCC4C4CCC(C5CCC6C(C5)C5CCCCC5N6C5CC(C6CCCCC6)NC(C6CCCCC6)C5)CC43)CC2)CC1. The molecule has 0 spiro atoms. The van der Waals surface area contributed by atoms with Crippen LogP contribution in [0.5, 0.6) is 0 Å². The lowest BCUT2D eigenvalue weighted by Gasteiger charge is -2.51. The summed E-state index contributed by atoms with van der Waals surface area (Å²) >= 11 is 0. The van der Waals surface area contributed by atoms with Gasteiger partial charge in [0.25, 0.3) is 0 Å². The van der Waals surface area contributed by atoms with Crippen molar-refractivity contribution in [2.24, 2.45) is 59.2 Å². The maximum absolute atomic E-state index is 4.49. The smallest absolute Gasteiger partial charge is 0.0135 e. The van der Waals surface area contributed by atoms with Crippen LogP contribution in [0.15, 0.2) is 0 Å². The van der Waals surface area contributed by atoms with Crippen LogP contribution in [0, 0.1) is 59.2 Å². The summed E-state index contributed by atoms with van der Waals surface area (Å²) in [7, 11) is 0. The summed E-state index contributed by atoms with van der Waals surface area (Å²) < 4.78 is 0. The Morgan fingerprint density at radius 2 is 0.679 bits per heavy atom. The van der Waals surface area contributed by atoms with E-state index in [1.807, 2.05) is 0 Å². The number of piperidine rings is 1. The molecule has 316 valence electrons. The van der Waals surface area contributed by atoms with Crippen molar-refractivity contribution in [3.05, 3.63) is 0 Å². The first-order chi connectivity index (χ1) is 27.8. The van der Waals surface area contributed by atoms with E-state index in [4.69, 9.17) is 0 Å². The molecule has 3 aliphatic heterocycles. The van der Waals surface area contributed by atoms with Crippen LogP contribution >= 0.6 is 0 Å². The Bertz CT molecular complexity index is 1230. The summed E-state index contributed by atoms with van der Waals surface area (Å²) in [6, 6.07) is 7.25. The predicted octanol–water partition coefficient (Wildman–Crippen LogP) is 13.1. The number of likely N-dealkylation sites (tertiary alicyclic amines) is 2. The molecule has 11 aliphatic rings. The molecule has 0 aromatic rings. The first-order valence-electron chi connectivity index (χ1n) is 27.1. The van der Waals surface area contributed by atoms with Gasteiger partial charge in [-0.2, -0.15) is 0 Å². The zero-order chi connectivity index (χ0) is 37.0. The molecule has 11 fully saturated rings. The molecule has 11 rings (SSSR count). The molecule has 3 saturated heterocycles. The third-order valence-electron chi connectivity index (χ3n) is 21.5. The summed E-state index contributed by atoms with van der Waals surface area (Å²) in [6.07, 6.45) is 54.1. The minimum atomic E-state index is 0.814. The molecule has 56 heavy (non-hydrogen) atoms. The van der Waals surface area contributed by atoms with Gasteiger partial charge in [-0.3, -0.25) is 9.80 Å². The van der Waals surface area contributed by atoms with Crippen molar-refractivity contribution in [2.75, 3.05) is 0 Å². The summed E-state index contributed by atoms with van der Waals surface area (Å²) in [5, 5.41) is 4.49. The molecule has 1 N–H and O–H groups in total. The Morgan fingerprint density at radius 3 is 1.30 bits per heavy atom. The van der Waals surface area contributed by atoms with Gasteiger partial charge < -0.3 is 5.32 Å². The van der Waals surface area contributed by atoms with Crippen LogP contribution in [0.2, 0.25) is 0 Å². The molecule has 3 nitrogen and oxygen atoms in total. The molecule has 0 radical (unpaired) electrons. The minimum absolute atomic E-state index is 0.814. The lowest BCUT2D eigenvalue weighted by Crippen LogP contribution is -2.60. The van der Waals surface area contributed by atoms with E-state index in [0.717, 1.165) is 108 Å². The van der Waals surface area contributed by atoms with E-state index in [-0.39, 0.29) is 0 Å². The van der Waals surface area contributed by atoms with Crippen molar-refractivity contribution < 1.29 is 0 Å². The molecule has 0 amide bonds. The molecular weight excluding hydrogens is 679 g/mol. The number of fused-ring (bicyclic) bond motifs is 6. The Labute approximate surface area is 346 Å². The quantitative estimate of drug-likeness (QED) is 0.290. The van der Waals surface area contributed by atoms with E-state index < -0.39 is 0 Å². The topological polar surface area (TPSA) is 18.5 Å². The van der Waals surface area contributed by atoms with Crippen LogP contribution in [-0.4, -0.2) is 58.1 Å². The van der Waals surface area contributed by atoms with Gasteiger partial charge in [-0.05, 0) is 188 Å². The van der Waals surface area contributed by atoms with E-state index in [1.165, 1.54) is 109 Å². The highest BCUT2D eigenvalue weighted by Gasteiger charge is 2.57. The Morgan fingerprint density at radius 1 is 0.250 bits per heavy atom. The van der Waals surface area contributed by atoms with Gasteiger partial charge in [0.15, 0.2) is 0 Å². The molecular formula is C53H89N3. The van der Waals surface area contributed by atoms with Crippen molar-refractivity contribution in [1.29, 1.82) is 0 Å². The number of nitrogens with one attached hydrogen (secondary N) is 1. The fourth-order valence-corrected chi connectivity index (χ4v) is 19.1. The lowest BCUT2D eigenvalue weighted by atomic mass is 9.62. The molecule has 8 saturated carbocycles. The fraction of sp³-hybridized carbons (Fsp3) is 1.00. The van der Waals surface area contributed by atoms with Gasteiger partial charge in [0.1, 0.15) is 0 Å². The standard InChI is InChI=1S/C53H89N3/c1-4-14-36(15-5-1)37-24-28-42(29-25-37)55-50-22-12-10-20-44(50)46-30-26-41(33-53(46)55)40-27-31-52-47(32-40)45-21-11-13-23-51(45)56(52)43-34-48(38-16-6-2-7-17-38)54-49(35-43)39-18-8-3-9-19-39/h36-54H,1-35H2. The summed E-state index contributed by atoms with van der Waals surface area (Å²) in [4.78, 5) is 6.78. The second kappa shape index (κ2) is 17.3. The highest BCUT2D eigenvalue weighted by molar-refractivity contribution is 5.11. The average Bonchev–Trinajstić information content (AvgIpc) is 3.79. The highest BCUT2D eigenvalue weighted by atomic mass is 15.3. The molecule has 0 aromatic heterocycles. The summed E-state index contributed by atoms with van der Waals surface area (Å²) in [5.74, 6) is 10.4. The van der Waals surface area contributed by atoms with Gasteiger partial charge in [0, 0.05) is 48.3 Å². The fourth-order valence-electron chi connectivity index (χ4n) is 19.1. The average molecular weight is 768 g/mol. The molecule has 0 bridgehead atoms. The van der Waals surface area contributed by atoms with Crippen molar-refractivity contribution in [3.8, 4) is 0 Å². The van der Waals surface area contributed by atoms with E-state index in [0.29, 0.717) is 0 Å². The zero-order valence-corrected chi connectivity index (χ0v) is 36.5. The van der Waals surface area contributed by atoms with Gasteiger partial charge >= 0.3 is 0 Å². The first kappa shape index (κ1) is 38.8. The van der Waals surface area contributed by atoms with Crippen LogP contribution in [0.3, 0.4) is 0 Å². The van der Waals surface area contributed by atoms with Gasteiger partial charge in [0.05, 0.1) is 0 Å². The Kier molecular flexibility index (Phi) is 12.0. The Balaban J connectivity index is 0.793. The maximum Gasteiger partial charge on any atom is 0.0135 e. The minimum Gasteiger partial charge on any atom is -0.311 e. The zero-order valence-electron chi connectivity index (χ0n) is 36.5. The maximum atomic E-state index is 4.49. The van der Waals surface area contributed by atoms with Crippen LogP contribution in [0.4, 0.5) is 0 Å². The van der Waals surface area contributed by atoms with E-state index in [1.54, 1.807) is 116 Å². The number of nitrogens with zero attached hydrogens (tertiary/aromatic N) is 2. The number of hydrogen-bond acceptors (Lipinski definition) is 3. The Hall–Kier alpha value is -0.120. The van der Waals surface area contributed by atoms with Crippen LogP contribution in [0.25, 0.3) is 0 Å². The van der Waals surface area contributed by atoms with Crippen LogP contribution < -0.4 is 5.32 Å². The number of hydrogen-bond donors (Lipinski definition) is 1. The van der Waals surface area contributed by atoms with Crippen LogP contribution in [-0.2, 0) is 0 Å². The first-order valence-corrected chi connectivity index (χ1v) is 27.1. The number of rotatable bonds is 6. The predicted molar refractivity (Wildman–Crippen MR) is 234 cm³/mol. The van der Waals surface area contributed by atoms with Crippen molar-refractivity contribution in [1.82, 2.24) is 15.1 Å². The molecule has 8 aliphatic carbocycles. The molecule has 12 atom stereocenters. The summed E-state index contributed by atoms with van der Waals surface area (Å²) in [5.41, 5.74) is 0. The summed E-state index contributed by atoms with van der Waals surface area (Å²) in [6.45, 7) is 0. The third-order valence-corrected chi connectivity index (χ3v) is 21.5. The highest BCUT2D eigenvalue weighted by Crippen LogP contribution is 2.58. The molecule has 12 unspecified atom stereocenters. The van der Waals surface area contributed by atoms with E-state index in [9.17, 15) is 0 Å². The second-order valence-corrected chi connectivity index (χ2v) is 23.8. The van der Waals surface area contributed by atoms with Crippen molar-refractivity contribution in [2.45, 2.75) is 273 Å². The van der Waals surface area contributed by atoms with Gasteiger partial charge in [0.2, 0.25) is 0 Å². The van der Waals surface area contributed by atoms with Crippen molar-refractivity contribution in [3.63, 3.8) is 0 Å². The van der Waals surface area contributed by atoms with Crippen LogP contribution in [0.1, 0.15) is 225 Å². The largest absolute Gasteiger partial charge is 0.311 e. The van der Waals surface area contributed by atoms with Gasteiger partial charge in [-0.1, -0.05) is 96.3 Å². The van der Waals surface area contributed by atoms with E-state index in [2.05, 4.69) is 15.1 Å². The molecule has 0 aromatic carbocycles. The molecule has 3 heterocycles. The normalized spacial score (nSPS) is 49.2. The van der Waals surface area contributed by atoms with Crippen molar-refractivity contribution >= 4 is 0 Å². The monoisotopic (exact) mass is 768 g/mol. The van der Waals surface area contributed by atoms with Gasteiger partial charge in [-0.25, -0.2) is 0 Å². The van der Waals surface area contributed by atoms with Gasteiger partial charge in [-0.15, -0.1) is 0 Å². The lowest BCUT2D eigenvalue weighted by molar-refractivity contribution is 0.00726. The second-order valence-electron chi connectivity index (χ2n) is 23.8. The third kappa shape index (κ3) is 7.48.